The standard InChI is InChI=1S/C13H14F4N4O2/c1-11(8-6(14)3-4-7(20-8)9(18)22)5-23-12(2,10(19)21-11)13(15,16)17/h3-4H,5H2,1-2H3,(H2,18,22)(H2,19,21)/t11-,12-/m1/s1. The van der Waals surface area contributed by atoms with Crippen LogP contribution in [0.1, 0.15) is 30.0 Å². The van der Waals surface area contributed by atoms with E-state index in [2.05, 4.69) is 9.98 Å². The summed E-state index contributed by atoms with van der Waals surface area (Å²) in [6.45, 7) is 1.40. The Hall–Kier alpha value is -2.23. The Morgan fingerprint density at radius 3 is 2.43 bits per heavy atom. The fourth-order valence-electron chi connectivity index (χ4n) is 2.07. The number of halogens is 4. The van der Waals surface area contributed by atoms with Crippen molar-refractivity contribution in [1.29, 1.82) is 0 Å². The van der Waals surface area contributed by atoms with Crippen molar-refractivity contribution in [1.82, 2.24) is 4.98 Å². The monoisotopic (exact) mass is 334 g/mol. The summed E-state index contributed by atoms with van der Waals surface area (Å²) in [6, 6.07) is 1.98. The van der Waals surface area contributed by atoms with Crippen LogP contribution in [0.4, 0.5) is 17.6 Å². The lowest BCUT2D eigenvalue weighted by Crippen LogP contribution is -2.60. The van der Waals surface area contributed by atoms with Gasteiger partial charge >= 0.3 is 6.18 Å². The molecule has 6 nitrogen and oxygen atoms in total. The number of carbonyl (C=O) groups is 1. The van der Waals surface area contributed by atoms with Crippen LogP contribution in [0.2, 0.25) is 0 Å². The Balaban J connectivity index is 2.54. The molecular formula is C13H14F4N4O2. The molecule has 0 aliphatic carbocycles. The summed E-state index contributed by atoms with van der Waals surface area (Å²) in [6.07, 6.45) is -4.79. The van der Waals surface area contributed by atoms with Gasteiger partial charge in [-0.25, -0.2) is 9.37 Å². The first-order valence-corrected chi connectivity index (χ1v) is 6.44. The van der Waals surface area contributed by atoms with Gasteiger partial charge in [0.15, 0.2) is 0 Å². The highest BCUT2D eigenvalue weighted by molar-refractivity contribution is 5.91. The molecule has 0 unspecified atom stereocenters. The molecule has 0 aromatic carbocycles. The summed E-state index contributed by atoms with van der Waals surface area (Å²) in [4.78, 5) is 18.6. The molecular weight excluding hydrogens is 320 g/mol. The average Bonchev–Trinajstić information content (AvgIpc) is 2.42. The van der Waals surface area contributed by atoms with Crippen molar-refractivity contribution in [2.24, 2.45) is 16.5 Å². The second-order valence-electron chi connectivity index (χ2n) is 5.48. The number of alkyl halides is 3. The maximum absolute atomic E-state index is 14.0. The third-order valence-corrected chi connectivity index (χ3v) is 3.65. The molecule has 0 fully saturated rings. The molecule has 10 heteroatoms. The molecule has 0 saturated carbocycles. The fraction of sp³-hybridized carbons (Fsp3) is 0.462. The molecule has 1 aromatic heterocycles. The van der Waals surface area contributed by atoms with Gasteiger partial charge in [0.2, 0.25) is 5.60 Å². The molecule has 0 bridgehead atoms. The van der Waals surface area contributed by atoms with Crippen LogP contribution in [-0.4, -0.2) is 35.1 Å². The minimum Gasteiger partial charge on any atom is -0.385 e. The number of nitrogens with two attached hydrogens (primary N) is 2. The van der Waals surface area contributed by atoms with Crippen LogP contribution >= 0.6 is 0 Å². The Morgan fingerprint density at radius 2 is 1.96 bits per heavy atom. The van der Waals surface area contributed by atoms with Gasteiger partial charge in [-0.05, 0) is 26.0 Å². The lowest BCUT2D eigenvalue weighted by molar-refractivity contribution is -0.249. The van der Waals surface area contributed by atoms with Crippen LogP contribution in [0.25, 0.3) is 0 Å². The molecule has 1 aliphatic heterocycles. The second kappa shape index (κ2) is 5.15. The summed E-state index contributed by atoms with van der Waals surface area (Å²) < 4.78 is 58.0. The number of pyridine rings is 1. The van der Waals surface area contributed by atoms with Crippen LogP contribution in [0.5, 0.6) is 0 Å². The number of amides is 1. The Bertz CT molecular complexity index is 691. The van der Waals surface area contributed by atoms with Crippen LogP contribution in [0.15, 0.2) is 17.1 Å². The van der Waals surface area contributed by atoms with E-state index in [4.69, 9.17) is 16.2 Å². The van der Waals surface area contributed by atoms with Gasteiger partial charge in [-0.1, -0.05) is 0 Å². The number of aromatic nitrogens is 1. The van der Waals surface area contributed by atoms with E-state index in [0.717, 1.165) is 19.1 Å². The van der Waals surface area contributed by atoms with Crippen molar-refractivity contribution >= 4 is 11.7 Å². The number of hydrogen-bond acceptors (Lipinski definition) is 5. The number of rotatable bonds is 2. The summed E-state index contributed by atoms with van der Waals surface area (Å²) in [7, 11) is 0. The van der Waals surface area contributed by atoms with Gasteiger partial charge in [0.1, 0.15) is 28.6 Å². The third kappa shape index (κ3) is 2.74. The van der Waals surface area contributed by atoms with E-state index < -0.39 is 41.5 Å². The lowest BCUT2D eigenvalue weighted by atomic mass is 9.93. The molecule has 0 spiro atoms. The maximum Gasteiger partial charge on any atom is 0.424 e. The van der Waals surface area contributed by atoms with Crippen molar-refractivity contribution in [3.63, 3.8) is 0 Å². The highest BCUT2D eigenvalue weighted by Crippen LogP contribution is 2.40. The van der Waals surface area contributed by atoms with Crippen molar-refractivity contribution in [3.8, 4) is 0 Å². The van der Waals surface area contributed by atoms with Crippen molar-refractivity contribution in [3.05, 3.63) is 29.3 Å². The molecule has 2 atom stereocenters. The number of hydrogen-bond donors (Lipinski definition) is 2. The minimum absolute atomic E-state index is 0.249. The molecule has 1 aliphatic rings. The smallest absolute Gasteiger partial charge is 0.385 e. The number of carbonyl (C=O) groups excluding carboxylic acids is 1. The first kappa shape index (κ1) is 17.1. The SMILES string of the molecule is C[C@]1(c2nc(C(N)=O)ccc2F)CO[C@@](C)(C(F)(F)F)C(N)=N1. The predicted octanol–water partition coefficient (Wildman–Crippen LogP) is 1.24. The second-order valence-corrected chi connectivity index (χ2v) is 5.48. The Morgan fingerprint density at radius 1 is 1.35 bits per heavy atom. The Labute approximate surface area is 128 Å². The first-order valence-electron chi connectivity index (χ1n) is 6.44. The topological polar surface area (TPSA) is 104 Å². The van der Waals surface area contributed by atoms with E-state index in [1.54, 1.807) is 0 Å². The highest BCUT2D eigenvalue weighted by Gasteiger charge is 2.59. The van der Waals surface area contributed by atoms with Gasteiger partial charge in [0.05, 0.1) is 6.61 Å². The van der Waals surface area contributed by atoms with E-state index in [9.17, 15) is 22.4 Å². The van der Waals surface area contributed by atoms with Gasteiger partial charge < -0.3 is 16.2 Å². The number of primary amides is 1. The number of aliphatic imine (C=N–C) groups is 1. The molecule has 0 saturated heterocycles. The van der Waals surface area contributed by atoms with Crippen LogP contribution in [0.3, 0.4) is 0 Å². The van der Waals surface area contributed by atoms with Crippen LogP contribution < -0.4 is 11.5 Å². The summed E-state index contributed by atoms with van der Waals surface area (Å²) >= 11 is 0. The zero-order valence-electron chi connectivity index (χ0n) is 12.2. The number of nitrogens with zero attached hydrogens (tertiary/aromatic N) is 2. The van der Waals surface area contributed by atoms with E-state index in [1.165, 1.54) is 6.92 Å². The third-order valence-electron chi connectivity index (χ3n) is 3.65. The number of ether oxygens (including phenoxy) is 1. The largest absolute Gasteiger partial charge is 0.424 e. The molecule has 2 rings (SSSR count). The van der Waals surface area contributed by atoms with Crippen molar-refractivity contribution in [2.75, 3.05) is 6.61 Å². The van der Waals surface area contributed by atoms with Gasteiger partial charge in [0, 0.05) is 0 Å². The molecule has 126 valence electrons. The van der Waals surface area contributed by atoms with Crippen LogP contribution in [-0.2, 0) is 10.3 Å². The van der Waals surface area contributed by atoms with Crippen LogP contribution in [0, 0.1) is 5.82 Å². The van der Waals surface area contributed by atoms with E-state index in [1.807, 2.05) is 0 Å². The van der Waals surface area contributed by atoms with Crippen molar-refractivity contribution < 1.29 is 27.1 Å². The van der Waals surface area contributed by atoms with Gasteiger partial charge in [0.25, 0.3) is 5.91 Å². The van der Waals surface area contributed by atoms with E-state index >= 15 is 0 Å². The average molecular weight is 334 g/mol. The molecule has 1 amide bonds. The molecule has 2 heterocycles. The number of amidine groups is 1. The molecule has 0 radical (unpaired) electrons. The minimum atomic E-state index is -4.79. The predicted molar refractivity (Wildman–Crippen MR) is 72.1 cm³/mol. The summed E-state index contributed by atoms with van der Waals surface area (Å²) in [5.74, 6) is -2.64. The quantitative estimate of drug-likeness (QED) is 0.794. The zero-order valence-corrected chi connectivity index (χ0v) is 12.2. The lowest BCUT2D eigenvalue weighted by Gasteiger charge is -2.40. The van der Waals surface area contributed by atoms with Crippen molar-refractivity contribution in [2.45, 2.75) is 31.2 Å². The molecule has 1 aromatic rings. The van der Waals surface area contributed by atoms with Gasteiger partial charge in [-0.3, -0.25) is 9.79 Å². The summed E-state index contributed by atoms with van der Waals surface area (Å²) in [5.41, 5.74) is 5.47. The normalized spacial score (nSPS) is 28.3. The first-order chi connectivity index (χ1) is 10.4. The van der Waals surface area contributed by atoms with E-state index in [0.29, 0.717) is 0 Å². The fourth-order valence-corrected chi connectivity index (χ4v) is 2.07. The summed E-state index contributed by atoms with van der Waals surface area (Å²) in [5, 5.41) is 0. The molecule has 4 N–H and O–H groups in total. The van der Waals surface area contributed by atoms with Gasteiger partial charge in [-0.2, -0.15) is 13.2 Å². The zero-order chi connectivity index (χ0) is 17.6. The Kier molecular flexibility index (Phi) is 3.84. The highest BCUT2D eigenvalue weighted by atomic mass is 19.4. The van der Waals surface area contributed by atoms with E-state index in [-0.39, 0.29) is 11.4 Å². The maximum atomic E-state index is 14.0. The van der Waals surface area contributed by atoms with Gasteiger partial charge in [-0.15, -0.1) is 0 Å². The molecule has 23 heavy (non-hydrogen) atoms.